The number of thioether (sulfide) groups is 1. The second-order valence-corrected chi connectivity index (χ2v) is 9.72. The molecule has 0 unspecified atom stereocenters. The lowest BCUT2D eigenvalue weighted by Crippen LogP contribution is -2.16. The highest BCUT2D eigenvalue weighted by atomic mass is 32.2. The van der Waals surface area contributed by atoms with Gasteiger partial charge in [0.2, 0.25) is 5.91 Å². The fraction of sp³-hybridized carbons (Fsp3) is 0.391. The van der Waals surface area contributed by atoms with Crippen LogP contribution in [0.25, 0.3) is 10.2 Å². The first-order chi connectivity index (χ1) is 15.5. The van der Waals surface area contributed by atoms with Gasteiger partial charge >= 0.3 is 5.97 Å². The van der Waals surface area contributed by atoms with Gasteiger partial charge < -0.3 is 15.0 Å². The predicted molar refractivity (Wildman–Crippen MR) is 128 cm³/mol. The van der Waals surface area contributed by atoms with E-state index in [-0.39, 0.29) is 17.2 Å². The number of hydrogen-bond donors (Lipinski definition) is 2. The van der Waals surface area contributed by atoms with E-state index in [0.29, 0.717) is 28.4 Å². The van der Waals surface area contributed by atoms with Crippen LogP contribution in [0.1, 0.15) is 53.4 Å². The van der Waals surface area contributed by atoms with Gasteiger partial charge in [-0.2, -0.15) is 0 Å². The number of ether oxygens (including phenoxy) is 1. The van der Waals surface area contributed by atoms with Crippen molar-refractivity contribution < 1.29 is 14.3 Å². The molecule has 0 radical (unpaired) electrons. The van der Waals surface area contributed by atoms with Crippen molar-refractivity contribution in [1.29, 1.82) is 0 Å². The van der Waals surface area contributed by atoms with E-state index < -0.39 is 5.97 Å². The Morgan fingerprint density at radius 2 is 2.12 bits per heavy atom. The molecular weight excluding hydrogens is 446 g/mol. The second kappa shape index (κ2) is 10.3. The third-order valence-corrected chi connectivity index (χ3v) is 7.32. The first kappa shape index (κ1) is 22.5. The average molecular weight is 472 g/mol. The lowest BCUT2D eigenvalue weighted by atomic mass is 9.97. The van der Waals surface area contributed by atoms with Crippen LogP contribution in [0.5, 0.6) is 0 Å². The number of amides is 1. The molecule has 1 amide bonds. The Bertz CT molecular complexity index is 1200. The van der Waals surface area contributed by atoms with Crippen molar-refractivity contribution in [2.24, 2.45) is 0 Å². The molecule has 9 heteroatoms. The second-order valence-electron chi connectivity index (χ2n) is 7.67. The predicted octanol–water partition coefficient (Wildman–Crippen LogP) is 4.55. The first-order valence-corrected chi connectivity index (χ1v) is 12.6. The van der Waals surface area contributed by atoms with Gasteiger partial charge in [0.05, 0.1) is 23.3 Å². The highest BCUT2D eigenvalue weighted by Crippen LogP contribution is 2.34. The molecule has 1 aliphatic rings. The number of unbranched alkanes of at least 4 members (excludes halogenated alkanes) is 1. The molecule has 0 aliphatic heterocycles. The number of nitrogens with one attached hydrogen (secondary N) is 2. The SMILES string of the molecule is CCCCOC(=O)c1cccc(NC(=O)CSc2nc3sc4c(c3c(=O)[nH]2)CCCC4)c1. The van der Waals surface area contributed by atoms with E-state index in [0.717, 1.165) is 48.9 Å². The first-order valence-electron chi connectivity index (χ1n) is 10.8. The number of aryl methyl sites for hydroxylation is 2. The molecule has 4 rings (SSSR count). The van der Waals surface area contributed by atoms with Gasteiger partial charge in [0, 0.05) is 10.6 Å². The molecule has 3 aromatic rings. The smallest absolute Gasteiger partial charge is 0.338 e. The zero-order valence-electron chi connectivity index (χ0n) is 17.9. The van der Waals surface area contributed by atoms with Gasteiger partial charge in [0.15, 0.2) is 5.16 Å². The van der Waals surface area contributed by atoms with Crippen LogP contribution < -0.4 is 10.9 Å². The summed E-state index contributed by atoms with van der Waals surface area (Å²) in [5.74, 6) is -0.567. The van der Waals surface area contributed by atoms with Gasteiger partial charge in [-0.05, 0) is 55.9 Å². The van der Waals surface area contributed by atoms with Crippen molar-refractivity contribution in [2.75, 3.05) is 17.7 Å². The Labute approximate surface area is 194 Å². The molecule has 0 spiro atoms. The molecule has 2 aromatic heterocycles. The summed E-state index contributed by atoms with van der Waals surface area (Å²) in [6.07, 6.45) is 5.95. The number of carbonyl (C=O) groups is 2. The summed E-state index contributed by atoms with van der Waals surface area (Å²) in [5, 5.41) is 3.93. The van der Waals surface area contributed by atoms with Crippen LogP contribution in [0.3, 0.4) is 0 Å². The number of H-pyrrole nitrogens is 1. The summed E-state index contributed by atoms with van der Waals surface area (Å²) in [6, 6.07) is 6.67. The Morgan fingerprint density at radius 1 is 1.28 bits per heavy atom. The van der Waals surface area contributed by atoms with E-state index in [1.54, 1.807) is 35.6 Å². The summed E-state index contributed by atoms with van der Waals surface area (Å²) in [6.45, 7) is 2.41. The van der Waals surface area contributed by atoms with Gasteiger partial charge in [0.1, 0.15) is 4.83 Å². The molecule has 2 heterocycles. The van der Waals surface area contributed by atoms with Crippen molar-refractivity contribution in [1.82, 2.24) is 9.97 Å². The molecule has 1 aromatic carbocycles. The van der Waals surface area contributed by atoms with Gasteiger partial charge in [-0.25, -0.2) is 9.78 Å². The van der Waals surface area contributed by atoms with Crippen molar-refractivity contribution >= 4 is 50.9 Å². The fourth-order valence-corrected chi connectivity index (χ4v) is 5.64. The molecule has 7 nitrogen and oxygen atoms in total. The molecule has 2 N–H and O–H groups in total. The van der Waals surface area contributed by atoms with Crippen LogP contribution in [-0.2, 0) is 22.4 Å². The van der Waals surface area contributed by atoms with E-state index in [1.807, 2.05) is 6.92 Å². The highest BCUT2D eigenvalue weighted by Gasteiger charge is 2.20. The largest absolute Gasteiger partial charge is 0.462 e. The summed E-state index contributed by atoms with van der Waals surface area (Å²) >= 11 is 2.77. The molecule has 0 saturated heterocycles. The molecule has 0 saturated carbocycles. The Hall–Kier alpha value is -2.65. The average Bonchev–Trinajstić information content (AvgIpc) is 3.17. The summed E-state index contributed by atoms with van der Waals surface area (Å²) in [4.78, 5) is 46.5. The molecule has 0 atom stereocenters. The van der Waals surface area contributed by atoms with Gasteiger partial charge in [-0.1, -0.05) is 31.2 Å². The number of carbonyl (C=O) groups excluding carboxylic acids is 2. The zero-order chi connectivity index (χ0) is 22.5. The minimum absolute atomic E-state index is 0.0880. The minimum atomic E-state index is -0.405. The lowest BCUT2D eigenvalue weighted by Gasteiger charge is -2.09. The standard InChI is InChI=1S/C23H25N3O4S2/c1-2-3-11-30-22(29)14-7-6-8-15(12-14)24-18(27)13-31-23-25-20(28)19-16-9-4-5-10-17(16)32-21(19)26-23/h6-8,12H,2-5,9-11,13H2,1H3,(H,24,27)(H,25,26,28). The lowest BCUT2D eigenvalue weighted by molar-refractivity contribution is -0.113. The summed E-state index contributed by atoms with van der Waals surface area (Å²) < 4.78 is 5.21. The van der Waals surface area contributed by atoms with Crippen molar-refractivity contribution in [3.8, 4) is 0 Å². The Morgan fingerprint density at radius 3 is 2.97 bits per heavy atom. The Balaban J connectivity index is 1.38. The van der Waals surface area contributed by atoms with E-state index in [4.69, 9.17) is 4.74 Å². The molecule has 1 aliphatic carbocycles. The van der Waals surface area contributed by atoms with Crippen LogP contribution in [0.15, 0.2) is 34.2 Å². The highest BCUT2D eigenvalue weighted by molar-refractivity contribution is 7.99. The van der Waals surface area contributed by atoms with E-state index in [1.165, 1.54) is 16.6 Å². The molecule has 0 bridgehead atoms. The minimum Gasteiger partial charge on any atom is -0.462 e. The summed E-state index contributed by atoms with van der Waals surface area (Å²) in [7, 11) is 0. The van der Waals surface area contributed by atoms with E-state index in [9.17, 15) is 14.4 Å². The fourth-order valence-electron chi connectivity index (χ4n) is 3.66. The maximum atomic E-state index is 12.6. The van der Waals surface area contributed by atoms with Gasteiger partial charge in [-0.15, -0.1) is 11.3 Å². The quantitative estimate of drug-likeness (QED) is 0.216. The number of thiophene rings is 1. The molecule has 168 valence electrons. The van der Waals surface area contributed by atoms with Crippen molar-refractivity contribution in [3.63, 3.8) is 0 Å². The number of nitrogens with zero attached hydrogens (tertiary/aromatic N) is 1. The third kappa shape index (κ3) is 5.21. The maximum absolute atomic E-state index is 12.6. The van der Waals surface area contributed by atoms with E-state index in [2.05, 4.69) is 15.3 Å². The van der Waals surface area contributed by atoms with Crippen LogP contribution >= 0.6 is 23.1 Å². The number of anilines is 1. The topological polar surface area (TPSA) is 101 Å². The number of benzene rings is 1. The zero-order valence-corrected chi connectivity index (χ0v) is 19.5. The normalized spacial score (nSPS) is 13.0. The summed E-state index contributed by atoms with van der Waals surface area (Å²) in [5.41, 5.74) is 1.92. The molecular formula is C23H25N3O4S2. The third-order valence-electron chi connectivity index (χ3n) is 5.26. The van der Waals surface area contributed by atoms with E-state index >= 15 is 0 Å². The number of aromatic amines is 1. The number of aromatic nitrogens is 2. The number of fused-ring (bicyclic) bond motifs is 3. The maximum Gasteiger partial charge on any atom is 0.338 e. The number of hydrogen-bond acceptors (Lipinski definition) is 7. The van der Waals surface area contributed by atoms with Crippen molar-refractivity contribution in [3.05, 3.63) is 50.6 Å². The van der Waals surface area contributed by atoms with Crippen LogP contribution in [0.2, 0.25) is 0 Å². The molecule has 0 fully saturated rings. The number of esters is 1. The van der Waals surface area contributed by atoms with Crippen LogP contribution in [0, 0.1) is 0 Å². The molecule has 32 heavy (non-hydrogen) atoms. The number of rotatable bonds is 8. The monoisotopic (exact) mass is 471 g/mol. The van der Waals surface area contributed by atoms with Gasteiger partial charge in [0.25, 0.3) is 5.56 Å². The van der Waals surface area contributed by atoms with Crippen LogP contribution in [0.4, 0.5) is 5.69 Å². The van der Waals surface area contributed by atoms with Crippen molar-refractivity contribution in [2.45, 2.75) is 50.6 Å². The van der Waals surface area contributed by atoms with Crippen LogP contribution in [-0.4, -0.2) is 34.2 Å². The Kier molecular flexibility index (Phi) is 7.26. The van der Waals surface area contributed by atoms with Gasteiger partial charge in [-0.3, -0.25) is 9.59 Å².